The van der Waals surface area contributed by atoms with Gasteiger partial charge in [0.1, 0.15) is 11.6 Å². The van der Waals surface area contributed by atoms with Crippen LogP contribution in [0.15, 0.2) is 30.5 Å². The number of aromatic nitrogens is 2. The quantitative estimate of drug-likeness (QED) is 0.585. The van der Waals surface area contributed by atoms with E-state index in [-0.39, 0.29) is 28.5 Å². The number of nitrogen functional groups attached to an aromatic ring is 1. The van der Waals surface area contributed by atoms with Crippen molar-refractivity contribution in [2.45, 2.75) is 38.1 Å². The van der Waals surface area contributed by atoms with Gasteiger partial charge in [0, 0.05) is 6.04 Å². The molecule has 2 aromatic rings. The summed E-state index contributed by atoms with van der Waals surface area (Å²) in [6.07, 6.45) is 7.17. The van der Waals surface area contributed by atoms with E-state index in [2.05, 4.69) is 10.4 Å². The van der Waals surface area contributed by atoms with Gasteiger partial charge in [0.25, 0.3) is 0 Å². The van der Waals surface area contributed by atoms with Crippen molar-refractivity contribution in [1.82, 2.24) is 15.1 Å². The molecule has 1 aromatic carbocycles. The summed E-state index contributed by atoms with van der Waals surface area (Å²) < 4.78 is 1.37. The number of phenols is 1. The molecule has 0 amide bonds. The third kappa shape index (κ3) is 3.26. The van der Waals surface area contributed by atoms with Gasteiger partial charge in [-0.15, -0.1) is 0 Å². The molecule has 0 aliphatic heterocycles. The van der Waals surface area contributed by atoms with Crippen LogP contribution in [0.1, 0.15) is 48.0 Å². The number of ketones is 1. The number of anilines is 1. The minimum absolute atomic E-state index is 0.0856. The second kappa shape index (κ2) is 7.00. The van der Waals surface area contributed by atoms with E-state index in [0.717, 1.165) is 12.8 Å². The summed E-state index contributed by atoms with van der Waals surface area (Å²) in [5, 5.41) is 17.7. The van der Waals surface area contributed by atoms with Crippen molar-refractivity contribution < 1.29 is 9.90 Å². The number of carbonyl (C=O) groups is 1. The van der Waals surface area contributed by atoms with E-state index in [1.54, 1.807) is 18.2 Å². The van der Waals surface area contributed by atoms with E-state index >= 15 is 0 Å². The number of rotatable bonds is 3. The van der Waals surface area contributed by atoms with Crippen LogP contribution in [0, 0.1) is 0 Å². The number of carbonyl (C=O) groups excluding carboxylic acids is 1. The van der Waals surface area contributed by atoms with E-state index in [1.807, 2.05) is 0 Å². The van der Waals surface area contributed by atoms with E-state index in [9.17, 15) is 9.90 Å². The van der Waals surface area contributed by atoms with Gasteiger partial charge in [-0.1, -0.05) is 31.4 Å². The van der Waals surface area contributed by atoms with E-state index in [0.29, 0.717) is 11.2 Å². The molecule has 1 saturated carbocycles. The van der Waals surface area contributed by atoms with Crippen molar-refractivity contribution in [3.05, 3.63) is 41.6 Å². The number of thiocarbonyl (C=S) groups is 1. The summed E-state index contributed by atoms with van der Waals surface area (Å²) in [4.78, 5) is 12.6. The predicted octanol–water partition coefficient (Wildman–Crippen LogP) is 2.46. The summed E-state index contributed by atoms with van der Waals surface area (Å²) in [5.41, 5.74) is 6.48. The third-order valence-corrected chi connectivity index (χ3v) is 4.62. The molecule has 0 bridgehead atoms. The van der Waals surface area contributed by atoms with Crippen LogP contribution < -0.4 is 11.1 Å². The lowest BCUT2D eigenvalue weighted by atomic mass is 9.96. The minimum atomic E-state index is -0.377. The molecule has 1 aliphatic carbocycles. The first kappa shape index (κ1) is 16.4. The Morgan fingerprint density at radius 1 is 1.25 bits per heavy atom. The van der Waals surface area contributed by atoms with E-state index in [4.69, 9.17) is 18.0 Å². The molecule has 7 heteroatoms. The van der Waals surface area contributed by atoms with Gasteiger partial charge < -0.3 is 16.2 Å². The largest absolute Gasteiger partial charge is 0.507 e. The number of nitrogens with two attached hydrogens (primary N) is 1. The van der Waals surface area contributed by atoms with Crippen molar-refractivity contribution in [2.75, 3.05) is 5.73 Å². The average Bonchev–Trinajstić information content (AvgIpc) is 2.97. The summed E-state index contributed by atoms with van der Waals surface area (Å²) in [6.45, 7) is 0. The van der Waals surface area contributed by atoms with Gasteiger partial charge >= 0.3 is 0 Å². The van der Waals surface area contributed by atoms with Gasteiger partial charge in [-0.3, -0.25) is 4.79 Å². The molecule has 0 spiro atoms. The summed E-state index contributed by atoms with van der Waals surface area (Å²) in [6, 6.07) is 6.67. The predicted molar refractivity (Wildman–Crippen MR) is 96.2 cm³/mol. The molecule has 1 fully saturated rings. The highest BCUT2D eigenvalue weighted by Gasteiger charge is 2.22. The molecule has 6 nitrogen and oxygen atoms in total. The third-order valence-electron chi connectivity index (χ3n) is 4.32. The van der Waals surface area contributed by atoms with Crippen LogP contribution in [-0.4, -0.2) is 31.8 Å². The highest BCUT2D eigenvalue weighted by atomic mass is 32.1. The maximum Gasteiger partial charge on any atom is 0.202 e. The normalized spacial score (nSPS) is 15.2. The molecule has 1 heterocycles. The van der Waals surface area contributed by atoms with Crippen molar-refractivity contribution in [1.29, 1.82) is 0 Å². The van der Waals surface area contributed by atoms with Crippen molar-refractivity contribution in [3.63, 3.8) is 0 Å². The number of aromatic hydroxyl groups is 1. The molecule has 0 saturated heterocycles. The number of phenolic OH excluding ortho intramolecular Hbond substituents is 1. The van der Waals surface area contributed by atoms with Gasteiger partial charge in [-0.05, 0) is 37.2 Å². The highest BCUT2D eigenvalue weighted by Crippen LogP contribution is 2.23. The fraction of sp³-hybridized carbons (Fsp3) is 0.353. The second-order valence-electron chi connectivity index (χ2n) is 5.99. The molecular weight excluding hydrogens is 324 g/mol. The van der Waals surface area contributed by atoms with Gasteiger partial charge in [0.05, 0.1) is 17.3 Å². The molecule has 1 aromatic heterocycles. The Labute approximate surface area is 145 Å². The van der Waals surface area contributed by atoms with E-state index in [1.165, 1.54) is 36.2 Å². The van der Waals surface area contributed by atoms with Gasteiger partial charge in [0.2, 0.25) is 5.78 Å². The Morgan fingerprint density at radius 3 is 2.67 bits per heavy atom. The molecule has 4 N–H and O–H groups in total. The first-order valence-corrected chi connectivity index (χ1v) is 8.46. The number of hydrogen-bond donors (Lipinski definition) is 3. The van der Waals surface area contributed by atoms with Crippen LogP contribution >= 0.6 is 12.2 Å². The maximum absolute atomic E-state index is 12.6. The first-order chi connectivity index (χ1) is 11.6. The number of para-hydroxylation sites is 1. The first-order valence-electron chi connectivity index (χ1n) is 8.05. The molecule has 0 atom stereocenters. The Kier molecular flexibility index (Phi) is 4.80. The minimum Gasteiger partial charge on any atom is -0.507 e. The van der Waals surface area contributed by atoms with Crippen molar-refractivity contribution >= 4 is 28.9 Å². The molecule has 24 heavy (non-hydrogen) atoms. The average molecular weight is 344 g/mol. The highest BCUT2D eigenvalue weighted by molar-refractivity contribution is 7.80. The Balaban J connectivity index is 1.79. The number of benzene rings is 1. The fourth-order valence-corrected chi connectivity index (χ4v) is 3.30. The van der Waals surface area contributed by atoms with Gasteiger partial charge in [-0.2, -0.15) is 9.78 Å². The van der Waals surface area contributed by atoms with Crippen LogP contribution in [-0.2, 0) is 0 Å². The lowest BCUT2D eigenvalue weighted by Gasteiger charge is -2.24. The van der Waals surface area contributed by atoms with Crippen LogP contribution in [0.3, 0.4) is 0 Å². The monoisotopic (exact) mass is 344 g/mol. The van der Waals surface area contributed by atoms with Gasteiger partial charge in [-0.25, -0.2) is 0 Å². The zero-order valence-electron chi connectivity index (χ0n) is 13.2. The molecule has 0 unspecified atom stereocenters. The Hall–Kier alpha value is -2.41. The summed E-state index contributed by atoms with van der Waals surface area (Å²) >= 11 is 5.38. The topological polar surface area (TPSA) is 93.2 Å². The Bertz CT molecular complexity index is 766. The molecule has 3 rings (SSSR count). The van der Waals surface area contributed by atoms with Crippen LogP contribution in [0.25, 0.3) is 0 Å². The van der Waals surface area contributed by atoms with E-state index < -0.39 is 0 Å². The Morgan fingerprint density at radius 2 is 1.96 bits per heavy atom. The summed E-state index contributed by atoms with van der Waals surface area (Å²) in [7, 11) is 0. The van der Waals surface area contributed by atoms with Crippen LogP contribution in [0.2, 0.25) is 0 Å². The van der Waals surface area contributed by atoms with Crippen LogP contribution in [0.4, 0.5) is 5.82 Å². The number of hydrogen-bond acceptors (Lipinski definition) is 5. The molecule has 0 radical (unpaired) electrons. The zero-order chi connectivity index (χ0) is 17.1. The lowest BCUT2D eigenvalue weighted by Crippen LogP contribution is -2.39. The number of nitrogens with one attached hydrogen (secondary N) is 1. The smallest absolute Gasteiger partial charge is 0.202 e. The SMILES string of the molecule is Nc1c(C(=O)c2ccccc2O)cnn1C(=S)NC1CCCCC1. The van der Waals surface area contributed by atoms with Crippen LogP contribution in [0.5, 0.6) is 5.75 Å². The number of nitrogens with zero attached hydrogens (tertiary/aromatic N) is 2. The van der Waals surface area contributed by atoms with Gasteiger partial charge in [0.15, 0.2) is 5.11 Å². The standard InChI is InChI=1S/C17H20N4O2S/c18-16-13(15(23)12-8-4-5-9-14(12)22)10-19-21(16)17(24)20-11-6-2-1-3-7-11/h4-5,8-11,22H,1-3,6-7,18H2,(H,20,24). The maximum atomic E-state index is 12.6. The zero-order valence-corrected chi connectivity index (χ0v) is 14.1. The second-order valence-corrected chi connectivity index (χ2v) is 6.37. The lowest BCUT2D eigenvalue weighted by molar-refractivity contribution is 0.103. The molecular formula is C17H20N4O2S. The fourth-order valence-electron chi connectivity index (χ4n) is 2.99. The molecule has 126 valence electrons. The van der Waals surface area contributed by atoms with Crippen molar-refractivity contribution in [3.8, 4) is 5.75 Å². The summed E-state index contributed by atoms with van der Waals surface area (Å²) in [5.74, 6) is -0.286. The molecule has 1 aliphatic rings. The van der Waals surface area contributed by atoms with Crippen molar-refractivity contribution in [2.24, 2.45) is 0 Å².